The Morgan fingerprint density at radius 3 is 2.93 bits per heavy atom. The molecule has 72 valence electrons. The second-order valence-electron chi connectivity index (χ2n) is 3.02. The number of rotatable bonds is 3. The van der Waals surface area contributed by atoms with Crippen molar-refractivity contribution in [3.63, 3.8) is 0 Å². The van der Waals surface area contributed by atoms with Crippen LogP contribution in [0.2, 0.25) is 0 Å². The Labute approximate surface area is 86.8 Å². The van der Waals surface area contributed by atoms with Gasteiger partial charge in [-0.15, -0.1) is 11.3 Å². The first kappa shape index (κ1) is 9.15. The van der Waals surface area contributed by atoms with E-state index in [0.717, 1.165) is 12.2 Å². The van der Waals surface area contributed by atoms with Gasteiger partial charge in [0, 0.05) is 23.5 Å². The Morgan fingerprint density at radius 2 is 2.29 bits per heavy atom. The molecule has 0 saturated heterocycles. The van der Waals surface area contributed by atoms with E-state index >= 15 is 0 Å². The van der Waals surface area contributed by atoms with Gasteiger partial charge in [0.1, 0.15) is 0 Å². The Kier molecular flexibility index (Phi) is 2.74. The van der Waals surface area contributed by atoms with Gasteiger partial charge in [0.05, 0.1) is 18.4 Å². The van der Waals surface area contributed by atoms with Gasteiger partial charge in [0.25, 0.3) is 0 Å². The molecule has 3 nitrogen and oxygen atoms in total. The Balaban J connectivity index is 1.99. The first-order valence-electron chi connectivity index (χ1n) is 4.38. The molecule has 2 heterocycles. The molecule has 0 spiro atoms. The third kappa shape index (κ3) is 2.09. The maximum Gasteiger partial charge on any atom is 0.0777 e. The third-order valence-corrected chi connectivity index (χ3v) is 2.79. The number of hydrogen-bond acceptors (Lipinski definition) is 4. The summed E-state index contributed by atoms with van der Waals surface area (Å²) in [6.07, 6.45) is 5.16. The number of hydrogen-bond donors (Lipinski definition) is 1. The maximum atomic E-state index is 4.19. The molecular weight excluding hydrogens is 194 g/mol. The van der Waals surface area contributed by atoms with Crippen molar-refractivity contribution in [1.82, 2.24) is 9.97 Å². The van der Waals surface area contributed by atoms with Crippen LogP contribution in [-0.4, -0.2) is 9.97 Å². The van der Waals surface area contributed by atoms with Gasteiger partial charge >= 0.3 is 0 Å². The number of aryl methyl sites for hydroxylation is 1. The molecule has 0 fully saturated rings. The van der Waals surface area contributed by atoms with E-state index < -0.39 is 0 Å². The molecule has 0 radical (unpaired) electrons. The molecule has 1 N–H and O–H groups in total. The lowest BCUT2D eigenvalue weighted by atomic mass is 10.3. The van der Waals surface area contributed by atoms with E-state index in [9.17, 15) is 0 Å². The van der Waals surface area contributed by atoms with Crippen LogP contribution in [0.3, 0.4) is 0 Å². The van der Waals surface area contributed by atoms with Gasteiger partial charge in [0.2, 0.25) is 0 Å². The van der Waals surface area contributed by atoms with E-state index in [2.05, 4.69) is 33.0 Å². The van der Waals surface area contributed by atoms with Gasteiger partial charge in [-0.25, -0.2) is 0 Å². The van der Waals surface area contributed by atoms with Crippen LogP contribution in [0.25, 0.3) is 0 Å². The van der Waals surface area contributed by atoms with Gasteiger partial charge in [0.15, 0.2) is 0 Å². The highest BCUT2D eigenvalue weighted by molar-refractivity contribution is 7.08. The van der Waals surface area contributed by atoms with E-state index in [4.69, 9.17) is 0 Å². The minimum absolute atomic E-state index is 0.728. The van der Waals surface area contributed by atoms with Crippen molar-refractivity contribution in [3.8, 4) is 0 Å². The highest BCUT2D eigenvalue weighted by Gasteiger charge is 1.98. The third-order valence-electron chi connectivity index (χ3n) is 1.93. The zero-order valence-corrected chi connectivity index (χ0v) is 8.71. The summed E-state index contributed by atoms with van der Waals surface area (Å²) in [7, 11) is 0. The molecule has 0 unspecified atom stereocenters. The summed E-state index contributed by atoms with van der Waals surface area (Å²) in [5, 5.41) is 7.54. The van der Waals surface area contributed by atoms with Gasteiger partial charge in [-0.3, -0.25) is 9.97 Å². The average Bonchev–Trinajstić information content (AvgIpc) is 2.63. The SMILES string of the molecule is Cc1cscc1NCc1cnccn1. The number of thiophene rings is 1. The summed E-state index contributed by atoms with van der Waals surface area (Å²) in [4.78, 5) is 8.19. The van der Waals surface area contributed by atoms with Crippen LogP contribution in [-0.2, 0) is 6.54 Å². The smallest absolute Gasteiger partial charge is 0.0777 e. The Hall–Kier alpha value is -1.42. The minimum atomic E-state index is 0.728. The number of nitrogens with zero attached hydrogens (tertiary/aromatic N) is 2. The normalized spacial score (nSPS) is 10.1. The molecular formula is C10H11N3S. The van der Waals surface area contributed by atoms with Crippen LogP contribution >= 0.6 is 11.3 Å². The number of nitrogens with one attached hydrogen (secondary N) is 1. The summed E-state index contributed by atoms with van der Waals surface area (Å²) >= 11 is 1.70. The number of anilines is 1. The van der Waals surface area contributed by atoms with Crippen LogP contribution in [0, 0.1) is 6.92 Å². The summed E-state index contributed by atoms with van der Waals surface area (Å²) in [5.41, 5.74) is 3.41. The van der Waals surface area contributed by atoms with Crippen LogP contribution in [0.4, 0.5) is 5.69 Å². The van der Waals surface area contributed by atoms with Gasteiger partial charge < -0.3 is 5.32 Å². The highest BCUT2D eigenvalue weighted by atomic mass is 32.1. The molecule has 14 heavy (non-hydrogen) atoms. The molecule has 2 aromatic heterocycles. The van der Waals surface area contributed by atoms with E-state index in [0.29, 0.717) is 0 Å². The number of aromatic nitrogens is 2. The molecule has 0 aliphatic carbocycles. The molecule has 2 aromatic rings. The van der Waals surface area contributed by atoms with E-state index in [-0.39, 0.29) is 0 Å². The molecule has 0 aliphatic rings. The van der Waals surface area contributed by atoms with Crippen molar-refractivity contribution in [2.45, 2.75) is 13.5 Å². The molecule has 0 atom stereocenters. The molecule has 0 amide bonds. The van der Waals surface area contributed by atoms with Gasteiger partial charge in [-0.2, -0.15) is 0 Å². The van der Waals surface area contributed by atoms with Crippen molar-refractivity contribution >= 4 is 17.0 Å². The fourth-order valence-corrected chi connectivity index (χ4v) is 1.95. The van der Waals surface area contributed by atoms with E-state index in [1.54, 1.807) is 29.9 Å². The standard InChI is InChI=1S/C10H11N3S/c1-8-6-14-7-10(8)13-5-9-4-11-2-3-12-9/h2-4,6-7,13H,5H2,1H3. The lowest BCUT2D eigenvalue weighted by molar-refractivity contribution is 1.01. The fraction of sp³-hybridized carbons (Fsp3) is 0.200. The average molecular weight is 205 g/mol. The van der Waals surface area contributed by atoms with Crippen LogP contribution in [0.5, 0.6) is 0 Å². The first-order valence-corrected chi connectivity index (χ1v) is 5.32. The lowest BCUT2D eigenvalue weighted by Gasteiger charge is -2.03. The van der Waals surface area contributed by atoms with Crippen LogP contribution in [0.1, 0.15) is 11.3 Å². The van der Waals surface area contributed by atoms with Gasteiger partial charge in [-0.1, -0.05) is 0 Å². The Bertz CT molecular complexity index is 397. The van der Waals surface area contributed by atoms with Crippen molar-refractivity contribution < 1.29 is 0 Å². The monoisotopic (exact) mass is 205 g/mol. The van der Waals surface area contributed by atoms with Crippen molar-refractivity contribution in [2.24, 2.45) is 0 Å². The second kappa shape index (κ2) is 4.19. The summed E-state index contributed by atoms with van der Waals surface area (Å²) in [6, 6.07) is 0. The molecule has 2 rings (SSSR count). The first-order chi connectivity index (χ1) is 6.86. The summed E-state index contributed by atoms with van der Waals surface area (Å²) in [5.74, 6) is 0. The zero-order valence-electron chi connectivity index (χ0n) is 7.90. The van der Waals surface area contributed by atoms with Crippen LogP contribution < -0.4 is 5.32 Å². The maximum absolute atomic E-state index is 4.19. The second-order valence-corrected chi connectivity index (χ2v) is 3.76. The lowest BCUT2D eigenvalue weighted by Crippen LogP contribution is -2.01. The zero-order chi connectivity index (χ0) is 9.80. The van der Waals surface area contributed by atoms with Crippen molar-refractivity contribution in [2.75, 3.05) is 5.32 Å². The van der Waals surface area contributed by atoms with E-state index in [1.807, 2.05) is 0 Å². The largest absolute Gasteiger partial charge is 0.378 e. The molecule has 0 aliphatic heterocycles. The predicted octanol–water partition coefficient (Wildman–Crippen LogP) is 2.46. The molecule has 0 aromatic carbocycles. The predicted molar refractivity (Wildman–Crippen MR) is 58.4 cm³/mol. The minimum Gasteiger partial charge on any atom is -0.378 e. The quantitative estimate of drug-likeness (QED) is 0.836. The fourth-order valence-electron chi connectivity index (χ4n) is 1.15. The van der Waals surface area contributed by atoms with Crippen molar-refractivity contribution in [1.29, 1.82) is 0 Å². The van der Waals surface area contributed by atoms with Gasteiger partial charge in [-0.05, 0) is 17.9 Å². The summed E-state index contributed by atoms with van der Waals surface area (Å²) < 4.78 is 0. The van der Waals surface area contributed by atoms with Crippen LogP contribution in [0.15, 0.2) is 29.4 Å². The topological polar surface area (TPSA) is 37.8 Å². The Morgan fingerprint density at radius 1 is 1.36 bits per heavy atom. The highest BCUT2D eigenvalue weighted by Crippen LogP contribution is 2.19. The van der Waals surface area contributed by atoms with Crippen molar-refractivity contribution in [3.05, 3.63) is 40.6 Å². The molecule has 4 heteroatoms. The molecule has 0 saturated carbocycles. The summed E-state index contributed by atoms with van der Waals surface area (Å²) in [6.45, 7) is 2.82. The van der Waals surface area contributed by atoms with E-state index in [1.165, 1.54) is 11.3 Å². The molecule has 0 bridgehead atoms.